The van der Waals surface area contributed by atoms with Gasteiger partial charge < -0.3 is 5.32 Å². The van der Waals surface area contributed by atoms with Crippen molar-refractivity contribution in [1.29, 1.82) is 5.26 Å². The summed E-state index contributed by atoms with van der Waals surface area (Å²) in [6.07, 6.45) is 0. The first-order chi connectivity index (χ1) is 10.4. The Morgan fingerprint density at radius 1 is 1.50 bits per heavy atom. The van der Waals surface area contributed by atoms with Crippen molar-refractivity contribution in [2.75, 3.05) is 0 Å². The smallest absolute Gasteiger partial charge is 0.322 e. The molecule has 0 saturated heterocycles. The van der Waals surface area contributed by atoms with Crippen LogP contribution in [0, 0.1) is 28.4 Å². The highest BCUT2D eigenvalue weighted by Gasteiger charge is 2.28. The highest BCUT2D eigenvalue weighted by atomic mass is 35.5. The highest BCUT2D eigenvalue weighted by molar-refractivity contribution is 6.30. The Morgan fingerprint density at radius 2 is 2.14 bits per heavy atom. The normalized spacial score (nSPS) is 11.5. The van der Waals surface area contributed by atoms with E-state index < -0.39 is 22.6 Å². The third-order valence-electron chi connectivity index (χ3n) is 2.92. The minimum Gasteiger partial charge on any atom is -0.331 e. The Balaban J connectivity index is 2.26. The van der Waals surface area contributed by atoms with Gasteiger partial charge in [0.05, 0.1) is 11.0 Å². The zero-order valence-corrected chi connectivity index (χ0v) is 12.1. The lowest BCUT2D eigenvalue weighted by Gasteiger charge is -2.10. The second kappa shape index (κ2) is 6.24. The number of amides is 1. The maximum absolute atomic E-state index is 12.1. The van der Waals surface area contributed by atoms with Crippen molar-refractivity contribution < 1.29 is 9.72 Å². The van der Waals surface area contributed by atoms with E-state index in [9.17, 15) is 14.9 Å². The summed E-state index contributed by atoms with van der Waals surface area (Å²) >= 11 is 5.76. The Hall–Kier alpha value is -2.92. The fourth-order valence-corrected chi connectivity index (χ4v) is 1.98. The number of nitrogens with zero attached hydrogens (tertiary/aromatic N) is 3. The molecule has 2 rings (SSSR count). The zero-order chi connectivity index (χ0) is 16.3. The molecule has 0 unspecified atom stereocenters. The molecular weight excluding hydrogens is 310 g/mol. The molecule has 0 spiro atoms. The van der Waals surface area contributed by atoms with E-state index >= 15 is 0 Å². The van der Waals surface area contributed by atoms with Crippen LogP contribution in [0.2, 0.25) is 5.02 Å². The van der Waals surface area contributed by atoms with E-state index in [1.54, 1.807) is 24.3 Å². The number of carbonyl (C=O) groups excluding carboxylic acids is 1. The third-order valence-corrected chi connectivity index (χ3v) is 3.17. The molecule has 0 aliphatic carbocycles. The second-order valence-corrected chi connectivity index (χ2v) is 4.83. The van der Waals surface area contributed by atoms with E-state index in [2.05, 4.69) is 15.5 Å². The van der Waals surface area contributed by atoms with Gasteiger partial charge in [-0.2, -0.15) is 10.4 Å². The topological polar surface area (TPSA) is 125 Å². The highest BCUT2D eigenvalue weighted by Crippen LogP contribution is 2.21. The number of hydrogen-bond acceptors (Lipinski definition) is 5. The number of rotatable bonds is 4. The molecule has 0 bridgehead atoms. The summed E-state index contributed by atoms with van der Waals surface area (Å²) in [6, 6.07) is 7.26. The first-order valence-electron chi connectivity index (χ1n) is 6.09. The lowest BCUT2D eigenvalue weighted by molar-refractivity contribution is -0.385. The number of hydrogen-bond donors (Lipinski definition) is 2. The maximum atomic E-state index is 12.1. The van der Waals surface area contributed by atoms with E-state index in [1.807, 2.05) is 6.07 Å². The van der Waals surface area contributed by atoms with Gasteiger partial charge in [0.2, 0.25) is 5.69 Å². The average molecular weight is 320 g/mol. The van der Waals surface area contributed by atoms with E-state index in [1.165, 1.54) is 6.92 Å². The van der Waals surface area contributed by atoms with Crippen molar-refractivity contribution >= 4 is 23.2 Å². The lowest BCUT2D eigenvalue weighted by Crippen LogP contribution is -2.28. The fraction of sp³-hybridized carbons (Fsp3) is 0.154. The molecule has 1 heterocycles. The number of aromatic nitrogens is 2. The molecule has 0 fully saturated rings. The molecule has 0 radical (unpaired) electrons. The van der Waals surface area contributed by atoms with E-state index in [0.717, 1.165) is 0 Å². The van der Waals surface area contributed by atoms with Crippen molar-refractivity contribution in [3.63, 3.8) is 0 Å². The van der Waals surface area contributed by atoms with Crippen molar-refractivity contribution in [3.05, 3.63) is 56.4 Å². The number of nitro groups is 1. The molecule has 0 aliphatic heterocycles. The minimum atomic E-state index is -0.971. The number of aryl methyl sites for hydroxylation is 1. The maximum Gasteiger partial charge on any atom is 0.322 e. The van der Waals surface area contributed by atoms with Crippen LogP contribution in [0.3, 0.4) is 0 Å². The molecule has 1 atom stereocenters. The quantitative estimate of drug-likeness (QED) is 0.660. The summed E-state index contributed by atoms with van der Waals surface area (Å²) < 4.78 is 0. The van der Waals surface area contributed by atoms with Crippen molar-refractivity contribution in [2.24, 2.45) is 0 Å². The van der Waals surface area contributed by atoms with Gasteiger partial charge in [-0.15, -0.1) is 0 Å². The van der Waals surface area contributed by atoms with Gasteiger partial charge in [0.1, 0.15) is 11.7 Å². The summed E-state index contributed by atoms with van der Waals surface area (Å²) in [5.41, 5.74) is -0.104. The summed E-state index contributed by atoms with van der Waals surface area (Å²) in [5, 5.41) is 29.0. The molecule has 9 heteroatoms. The monoisotopic (exact) mass is 319 g/mol. The lowest BCUT2D eigenvalue weighted by atomic mass is 10.1. The number of halogens is 1. The van der Waals surface area contributed by atoms with Crippen LogP contribution in [0.15, 0.2) is 24.3 Å². The molecular formula is C13H10ClN5O3. The van der Waals surface area contributed by atoms with Gasteiger partial charge in [-0.25, -0.2) is 0 Å². The molecule has 2 aromatic rings. The summed E-state index contributed by atoms with van der Waals surface area (Å²) in [6.45, 7) is 1.43. The Morgan fingerprint density at radius 3 is 2.68 bits per heavy atom. The first kappa shape index (κ1) is 15.5. The van der Waals surface area contributed by atoms with Gasteiger partial charge in [-0.1, -0.05) is 23.7 Å². The number of H-pyrrole nitrogens is 1. The molecule has 1 aromatic carbocycles. The SMILES string of the molecule is Cc1[nH]nc(C(=O)N[C@H](C#N)c2ccc(Cl)cc2)c1[N+](=O)[O-]. The summed E-state index contributed by atoms with van der Waals surface area (Å²) in [4.78, 5) is 22.4. The predicted molar refractivity (Wildman–Crippen MR) is 77.3 cm³/mol. The van der Waals surface area contributed by atoms with Crippen LogP contribution in [0.5, 0.6) is 0 Å². The Labute approximate surface area is 129 Å². The average Bonchev–Trinajstić information content (AvgIpc) is 2.87. The molecule has 0 saturated carbocycles. The van der Waals surface area contributed by atoms with Crippen LogP contribution >= 0.6 is 11.6 Å². The predicted octanol–water partition coefficient (Wildman–Crippen LogP) is 2.27. The second-order valence-electron chi connectivity index (χ2n) is 4.39. The molecule has 1 aromatic heterocycles. The van der Waals surface area contributed by atoms with Crippen LogP contribution in [0.25, 0.3) is 0 Å². The van der Waals surface area contributed by atoms with Gasteiger partial charge in [0, 0.05) is 5.02 Å². The van der Waals surface area contributed by atoms with Crippen LogP contribution in [-0.4, -0.2) is 21.0 Å². The van der Waals surface area contributed by atoms with Gasteiger partial charge in [0.25, 0.3) is 5.91 Å². The minimum absolute atomic E-state index is 0.162. The van der Waals surface area contributed by atoms with Crippen molar-refractivity contribution in [3.8, 4) is 6.07 Å². The Kier molecular flexibility index (Phi) is 4.39. The molecule has 2 N–H and O–H groups in total. The van der Waals surface area contributed by atoms with Gasteiger partial charge >= 0.3 is 5.69 Å². The number of nitriles is 1. The van der Waals surface area contributed by atoms with Crippen LogP contribution < -0.4 is 5.32 Å². The standard InChI is InChI=1S/C13H10ClN5O3/c1-7-12(19(21)22)11(18-17-7)13(20)16-10(6-15)8-2-4-9(14)5-3-8/h2-5,10H,1H3,(H,16,20)(H,17,18)/t10-/m1/s1. The molecule has 112 valence electrons. The van der Waals surface area contributed by atoms with E-state index in [4.69, 9.17) is 16.9 Å². The van der Waals surface area contributed by atoms with Crippen molar-refractivity contribution in [1.82, 2.24) is 15.5 Å². The van der Waals surface area contributed by atoms with Gasteiger partial charge in [-0.3, -0.25) is 20.0 Å². The number of benzene rings is 1. The zero-order valence-electron chi connectivity index (χ0n) is 11.3. The van der Waals surface area contributed by atoms with Crippen LogP contribution in [0.4, 0.5) is 5.69 Å². The molecule has 8 nitrogen and oxygen atoms in total. The first-order valence-corrected chi connectivity index (χ1v) is 6.47. The Bertz CT molecular complexity index is 763. The number of nitrogens with one attached hydrogen (secondary N) is 2. The van der Waals surface area contributed by atoms with Crippen LogP contribution in [0.1, 0.15) is 27.8 Å². The molecule has 22 heavy (non-hydrogen) atoms. The van der Waals surface area contributed by atoms with Crippen LogP contribution in [-0.2, 0) is 0 Å². The number of aromatic amines is 1. The largest absolute Gasteiger partial charge is 0.331 e. The molecule has 0 aliphatic rings. The van der Waals surface area contributed by atoms with Gasteiger partial charge in [-0.05, 0) is 24.6 Å². The summed E-state index contributed by atoms with van der Waals surface area (Å²) in [7, 11) is 0. The van der Waals surface area contributed by atoms with E-state index in [-0.39, 0.29) is 11.4 Å². The van der Waals surface area contributed by atoms with Gasteiger partial charge in [0.15, 0.2) is 0 Å². The fourth-order valence-electron chi connectivity index (χ4n) is 1.85. The third kappa shape index (κ3) is 3.05. The molecule has 1 amide bonds. The van der Waals surface area contributed by atoms with Crippen molar-refractivity contribution in [2.45, 2.75) is 13.0 Å². The number of carbonyl (C=O) groups is 1. The van der Waals surface area contributed by atoms with E-state index in [0.29, 0.717) is 10.6 Å². The summed E-state index contributed by atoms with van der Waals surface area (Å²) in [5.74, 6) is -0.808.